The maximum atomic E-state index is 5.45. The molecule has 2 aliphatic heterocycles. The second kappa shape index (κ2) is 5.83. The zero-order valence-corrected chi connectivity index (χ0v) is 13.4. The van der Waals surface area contributed by atoms with E-state index in [1.807, 2.05) is 0 Å². The Bertz CT molecular complexity index is 765. The van der Waals surface area contributed by atoms with Crippen molar-refractivity contribution in [1.82, 2.24) is 9.80 Å². The quantitative estimate of drug-likeness (QED) is 0.837. The van der Waals surface area contributed by atoms with Crippen LogP contribution in [0.4, 0.5) is 0 Å². The second-order valence-electron chi connectivity index (χ2n) is 5.66. The maximum Gasteiger partial charge on any atom is 0.179 e. The van der Waals surface area contributed by atoms with Gasteiger partial charge in [-0.2, -0.15) is 0 Å². The third kappa shape index (κ3) is 2.56. The van der Waals surface area contributed by atoms with Crippen LogP contribution >= 0.6 is 11.3 Å². The zero-order chi connectivity index (χ0) is 14.9. The number of rotatable bonds is 2. The number of benzene rings is 1. The van der Waals surface area contributed by atoms with Crippen molar-refractivity contribution in [3.05, 3.63) is 46.3 Å². The summed E-state index contributed by atoms with van der Waals surface area (Å²) in [7, 11) is 2.10. The molecule has 22 heavy (non-hydrogen) atoms. The number of hydrogen-bond acceptors (Lipinski definition) is 5. The Kier molecular flexibility index (Phi) is 3.70. The monoisotopic (exact) mass is 313 g/mol. The number of ether oxygens (including phenoxy) is 1. The molecule has 1 fully saturated rings. The van der Waals surface area contributed by atoms with Crippen molar-refractivity contribution < 1.29 is 4.74 Å². The van der Waals surface area contributed by atoms with Gasteiger partial charge < -0.3 is 9.64 Å². The topological polar surface area (TPSA) is 28.1 Å². The molecule has 5 heteroatoms. The highest BCUT2D eigenvalue weighted by Gasteiger charge is 2.24. The minimum atomic E-state index is 0.0960. The summed E-state index contributed by atoms with van der Waals surface area (Å²) in [6, 6.07) is 12.8. The average molecular weight is 313 g/mol. The van der Waals surface area contributed by atoms with Crippen molar-refractivity contribution in [1.29, 1.82) is 0 Å². The largest absolute Gasteiger partial charge is 0.379 e. The molecule has 0 amide bonds. The third-order valence-corrected chi connectivity index (χ3v) is 5.22. The molecule has 0 radical (unpaired) electrons. The molecule has 3 heterocycles. The van der Waals surface area contributed by atoms with E-state index < -0.39 is 0 Å². The van der Waals surface area contributed by atoms with Gasteiger partial charge in [0.1, 0.15) is 4.67 Å². The second-order valence-corrected chi connectivity index (χ2v) is 6.69. The Hall–Kier alpha value is -1.69. The summed E-state index contributed by atoms with van der Waals surface area (Å²) in [6.07, 6.45) is 2.31. The third-order valence-electron chi connectivity index (χ3n) is 4.11. The molecule has 1 atom stereocenters. The van der Waals surface area contributed by atoms with Crippen molar-refractivity contribution in [2.75, 3.05) is 33.4 Å². The molecule has 114 valence electrons. The van der Waals surface area contributed by atoms with Gasteiger partial charge in [-0.05, 0) is 11.6 Å². The molecule has 2 aromatic rings. The Morgan fingerprint density at radius 3 is 2.73 bits per heavy atom. The molecular formula is C17H19N3OS. The van der Waals surface area contributed by atoms with Crippen molar-refractivity contribution in [2.45, 2.75) is 6.29 Å². The summed E-state index contributed by atoms with van der Waals surface area (Å²) < 4.78 is 6.58. The lowest BCUT2D eigenvalue weighted by Crippen LogP contribution is -2.52. The lowest BCUT2D eigenvalue weighted by Gasteiger charge is -2.37. The van der Waals surface area contributed by atoms with E-state index >= 15 is 0 Å². The molecule has 1 aromatic carbocycles. The van der Waals surface area contributed by atoms with Gasteiger partial charge in [-0.25, -0.2) is 4.99 Å². The number of fused-ring (bicyclic) bond motifs is 1. The lowest BCUT2D eigenvalue weighted by molar-refractivity contribution is -0.00965. The summed E-state index contributed by atoms with van der Waals surface area (Å²) in [4.78, 5) is 10.8. The fraction of sp³-hybridized carbons (Fsp3) is 0.353. The zero-order valence-electron chi connectivity index (χ0n) is 12.6. The predicted octanol–water partition coefficient (Wildman–Crippen LogP) is 1.33. The van der Waals surface area contributed by atoms with E-state index in [0.717, 1.165) is 31.0 Å². The number of hydrogen-bond donors (Lipinski definition) is 0. The fourth-order valence-electron chi connectivity index (χ4n) is 2.96. The standard InChI is InChI=1S/C17H19N3OS/c1-19-12-14-11-15(13-5-3-2-4-6-13)22-16(14)18-17(19)20-7-9-21-10-8-20/h2-6,11-12,17H,7-10H2,1H3. The summed E-state index contributed by atoms with van der Waals surface area (Å²) in [5.74, 6) is 0. The molecule has 0 N–H and O–H groups in total. The molecule has 0 bridgehead atoms. The van der Waals surface area contributed by atoms with E-state index in [-0.39, 0.29) is 6.29 Å². The van der Waals surface area contributed by atoms with Crippen LogP contribution in [0.3, 0.4) is 0 Å². The minimum Gasteiger partial charge on any atom is -0.379 e. The first kappa shape index (κ1) is 13.9. The van der Waals surface area contributed by atoms with Gasteiger partial charge in [0.2, 0.25) is 0 Å². The van der Waals surface area contributed by atoms with Crippen molar-refractivity contribution in [2.24, 2.45) is 4.99 Å². The molecule has 1 unspecified atom stereocenters. The summed E-state index contributed by atoms with van der Waals surface area (Å²) >= 11 is 1.78. The Balaban J connectivity index is 1.71. The smallest absolute Gasteiger partial charge is 0.179 e. The lowest BCUT2D eigenvalue weighted by atomic mass is 10.2. The summed E-state index contributed by atoms with van der Waals surface area (Å²) in [5, 5.41) is 1.22. The van der Waals surface area contributed by atoms with Gasteiger partial charge in [-0.1, -0.05) is 30.3 Å². The number of thiophene rings is 1. The van der Waals surface area contributed by atoms with Crippen LogP contribution in [0, 0.1) is 0 Å². The van der Waals surface area contributed by atoms with Crippen molar-refractivity contribution in [3.8, 4) is 10.4 Å². The van der Waals surface area contributed by atoms with E-state index in [4.69, 9.17) is 9.73 Å². The normalized spacial score (nSPS) is 21.9. The van der Waals surface area contributed by atoms with Crippen LogP contribution in [0.1, 0.15) is 0 Å². The number of morpholine rings is 1. The van der Waals surface area contributed by atoms with E-state index in [1.165, 1.54) is 15.7 Å². The first-order valence-electron chi connectivity index (χ1n) is 7.60. The Morgan fingerprint density at radius 1 is 1.18 bits per heavy atom. The summed E-state index contributed by atoms with van der Waals surface area (Å²) in [5.41, 5.74) is 1.26. The maximum absolute atomic E-state index is 5.45. The van der Waals surface area contributed by atoms with Crippen LogP contribution in [0.15, 0.2) is 41.4 Å². The first-order valence-corrected chi connectivity index (χ1v) is 8.41. The van der Waals surface area contributed by atoms with Crippen molar-refractivity contribution >= 4 is 17.5 Å². The molecule has 0 saturated carbocycles. The Labute approximate surface area is 134 Å². The molecular weight excluding hydrogens is 294 g/mol. The highest BCUT2D eigenvalue weighted by Crippen LogP contribution is 2.21. The van der Waals surface area contributed by atoms with Gasteiger partial charge in [0.05, 0.1) is 13.2 Å². The van der Waals surface area contributed by atoms with Crippen LogP contribution in [0.5, 0.6) is 0 Å². The molecule has 2 aliphatic rings. The van der Waals surface area contributed by atoms with Crippen LogP contribution < -0.4 is 9.89 Å². The fourth-order valence-corrected chi connectivity index (χ4v) is 3.99. The highest BCUT2D eigenvalue weighted by molar-refractivity contribution is 7.13. The van der Waals surface area contributed by atoms with Crippen LogP contribution in [-0.4, -0.2) is 49.4 Å². The minimum absolute atomic E-state index is 0.0960. The SMILES string of the molecule is CN1C=c2cc(-c3ccccc3)sc2=NC1N1CCOCC1. The molecule has 4 nitrogen and oxygen atoms in total. The van der Waals surface area contributed by atoms with Gasteiger partial charge in [0.25, 0.3) is 0 Å². The molecule has 1 saturated heterocycles. The molecule has 4 rings (SSSR count). The summed E-state index contributed by atoms with van der Waals surface area (Å²) in [6.45, 7) is 3.48. The highest BCUT2D eigenvalue weighted by atomic mass is 32.1. The average Bonchev–Trinajstić information content (AvgIpc) is 2.98. The van der Waals surface area contributed by atoms with Gasteiger partial charge in [0, 0.05) is 36.4 Å². The van der Waals surface area contributed by atoms with E-state index in [9.17, 15) is 0 Å². The van der Waals surface area contributed by atoms with Gasteiger partial charge in [0.15, 0.2) is 6.29 Å². The van der Waals surface area contributed by atoms with E-state index in [0.29, 0.717) is 0 Å². The first-order chi connectivity index (χ1) is 10.8. The van der Waals surface area contributed by atoms with E-state index in [1.54, 1.807) is 11.3 Å². The molecule has 0 aliphatic carbocycles. The van der Waals surface area contributed by atoms with Crippen LogP contribution in [0.2, 0.25) is 0 Å². The van der Waals surface area contributed by atoms with Crippen molar-refractivity contribution in [3.63, 3.8) is 0 Å². The molecule has 1 aromatic heterocycles. The predicted molar refractivity (Wildman–Crippen MR) is 88.9 cm³/mol. The van der Waals surface area contributed by atoms with Crippen LogP contribution in [0.25, 0.3) is 16.6 Å². The van der Waals surface area contributed by atoms with Gasteiger partial charge in [-0.3, -0.25) is 4.90 Å². The Morgan fingerprint density at radius 2 is 1.95 bits per heavy atom. The van der Waals surface area contributed by atoms with Crippen LogP contribution in [-0.2, 0) is 4.74 Å². The van der Waals surface area contributed by atoms with Gasteiger partial charge in [-0.15, -0.1) is 11.3 Å². The van der Waals surface area contributed by atoms with E-state index in [2.05, 4.69) is 59.4 Å². The molecule has 0 spiro atoms. The van der Waals surface area contributed by atoms with Gasteiger partial charge >= 0.3 is 0 Å². The number of nitrogens with zero attached hydrogens (tertiary/aromatic N) is 3.